The highest BCUT2D eigenvalue weighted by Crippen LogP contribution is 2.46. The van der Waals surface area contributed by atoms with Crippen molar-refractivity contribution in [2.24, 2.45) is 0 Å². The fourth-order valence-corrected chi connectivity index (χ4v) is 3.08. The first-order valence-electron chi connectivity index (χ1n) is 7.38. The van der Waals surface area contributed by atoms with Gasteiger partial charge in [-0.25, -0.2) is 0 Å². The molecule has 0 heterocycles. The summed E-state index contributed by atoms with van der Waals surface area (Å²) in [5, 5.41) is 10.7. The molecule has 23 heavy (non-hydrogen) atoms. The topological polar surface area (TPSA) is 52.4 Å². The van der Waals surface area contributed by atoms with Gasteiger partial charge >= 0.3 is 0 Å². The predicted octanol–water partition coefficient (Wildman–Crippen LogP) is 5.41. The highest BCUT2D eigenvalue weighted by molar-refractivity contribution is 9.10. The van der Waals surface area contributed by atoms with Crippen molar-refractivity contribution in [3.05, 3.63) is 67.7 Å². The molecule has 118 valence electrons. The fourth-order valence-electron chi connectivity index (χ4n) is 2.59. The lowest BCUT2D eigenvalue weighted by molar-refractivity contribution is -0.384. The van der Waals surface area contributed by atoms with E-state index in [1.807, 2.05) is 18.2 Å². The molecule has 2 aromatic rings. The molecule has 3 rings (SSSR count). The van der Waals surface area contributed by atoms with Gasteiger partial charge in [-0.2, -0.15) is 0 Å². The standard InChI is InChI=1S/C18H16BrNO3/c1-23-18-14(10-15(19)11-17(18)13-6-7-13)5-2-12-3-8-16(9-4-12)20(21)22/h2-5,8-11,13H,6-7H2,1H3/b5-2+. The number of nitrogens with zero attached hydrogens (tertiary/aromatic N) is 1. The normalized spacial score (nSPS) is 14.2. The van der Waals surface area contributed by atoms with Gasteiger partial charge in [-0.1, -0.05) is 28.1 Å². The summed E-state index contributed by atoms with van der Waals surface area (Å²) >= 11 is 3.56. The van der Waals surface area contributed by atoms with Crippen molar-refractivity contribution < 1.29 is 9.66 Å². The second kappa shape index (κ2) is 6.54. The number of nitro benzene ring substituents is 1. The van der Waals surface area contributed by atoms with Crippen LogP contribution in [0.15, 0.2) is 40.9 Å². The molecular weight excluding hydrogens is 358 g/mol. The first-order valence-corrected chi connectivity index (χ1v) is 8.18. The second-order valence-electron chi connectivity index (χ2n) is 5.57. The van der Waals surface area contributed by atoms with E-state index in [9.17, 15) is 10.1 Å². The molecule has 4 nitrogen and oxygen atoms in total. The quantitative estimate of drug-likeness (QED) is 0.399. The zero-order chi connectivity index (χ0) is 16.4. The summed E-state index contributed by atoms with van der Waals surface area (Å²) in [6, 6.07) is 10.6. The summed E-state index contributed by atoms with van der Waals surface area (Å²) in [4.78, 5) is 10.3. The van der Waals surface area contributed by atoms with Crippen LogP contribution >= 0.6 is 15.9 Å². The smallest absolute Gasteiger partial charge is 0.269 e. The van der Waals surface area contributed by atoms with Gasteiger partial charge in [0, 0.05) is 22.2 Å². The summed E-state index contributed by atoms with van der Waals surface area (Å²) < 4.78 is 6.64. The minimum Gasteiger partial charge on any atom is -0.496 e. The molecule has 0 saturated heterocycles. The van der Waals surface area contributed by atoms with Crippen molar-refractivity contribution in [2.45, 2.75) is 18.8 Å². The van der Waals surface area contributed by atoms with Crippen LogP contribution in [0.2, 0.25) is 0 Å². The number of hydrogen-bond donors (Lipinski definition) is 0. The molecule has 1 saturated carbocycles. The molecule has 2 aromatic carbocycles. The predicted molar refractivity (Wildman–Crippen MR) is 94.7 cm³/mol. The van der Waals surface area contributed by atoms with Crippen LogP contribution < -0.4 is 4.74 Å². The summed E-state index contributed by atoms with van der Waals surface area (Å²) in [7, 11) is 1.69. The number of rotatable bonds is 5. The fraction of sp³-hybridized carbons (Fsp3) is 0.222. The number of hydrogen-bond acceptors (Lipinski definition) is 3. The monoisotopic (exact) mass is 373 g/mol. The molecule has 0 spiro atoms. The molecule has 1 aliphatic rings. The number of benzene rings is 2. The van der Waals surface area contributed by atoms with Gasteiger partial charge in [0.2, 0.25) is 0 Å². The van der Waals surface area contributed by atoms with E-state index in [1.54, 1.807) is 19.2 Å². The van der Waals surface area contributed by atoms with Gasteiger partial charge in [0.1, 0.15) is 5.75 Å². The first-order chi connectivity index (χ1) is 11.1. The van der Waals surface area contributed by atoms with E-state index in [0.717, 1.165) is 21.3 Å². The molecule has 0 atom stereocenters. The molecule has 0 N–H and O–H groups in total. The largest absolute Gasteiger partial charge is 0.496 e. The summed E-state index contributed by atoms with van der Waals surface area (Å²) in [5.74, 6) is 1.50. The van der Waals surface area contributed by atoms with E-state index in [4.69, 9.17) is 4.74 Å². The highest BCUT2D eigenvalue weighted by atomic mass is 79.9. The number of halogens is 1. The van der Waals surface area contributed by atoms with Gasteiger partial charge in [0.05, 0.1) is 12.0 Å². The third kappa shape index (κ3) is 3.62. The minimum atomic E-state index is -0.396. The first kappa shape index (κ1) is 15.7. The van der Waals surface area contributed by atoms with Crippen molar-refractivity contribution in [3.63, 3.8) is 0 Å². The van der Waals surface area contributed by atoms with E-state index in [0.29, 0.717) is 5.92 Å². The Morgan fingerprint density at radius 1 is 1.22 bits per heavy atom. The maximum Gasteiger partial charge on any atom is 0.269 e. The van der Waals surface area contributed by atoms with Gasteiger partial charge in [0.15, 0.2) is 0 Å². The zero-order valence-corrected chi connectivity index (χ0v) is 14.2. The lowest BCUT2D eigenvalue weighted by Gasteiger charge is -2.12. The van der Waals surface area contributed by atoms with Crippen LogP contribution in [0.4, 0.5) is 5.69 Å². The molecular formula is C18H16BrNO3. The van der Waals surface area contributed by atoms with E-state index >= 15 is 0 Å². The molecule has 1 aliphatic carbocycles. The lowest BCUT2D eigenvalue weighted by Crippen LogP contribution is -1.94. The Hall–Kier alpha value is -2.14. The van der Waals surface area contributed by atoms with Crippen LogP contribution in [-0.4, -0.2) is 12.0 Å². The lowest BCUT2D eigenvalue weighted by atomic mass is 10.0. The van der Waals surface area contributed by atoms with E-state index < -0.39 is 4.92 Å². The highest BCUT2D eigenvalue weighted by Gasteiger charge is 2.28. The van der Waals surface area contributed by atoms with Crippen LogP contribution in [0.3, 0.4) is 0 Å². The van der Waals surface area contributed by atoms with Crippen LogP contribution in [0, 0.1) is 10.1 Å². The second-order valence-corrected chi connectivity index (χ2v) is 6.49. The Morgan fingerprint density at radius 3 is 2.48 bits per heavy atom. The number of methoxy groups -OCH3 is 1. The zero-order valence-electron chi connectivity index (χ0n) is 12.7. The van der Waals surface area contributed by atoms with Crippen molar-refractivity contribution >= 4 is 33.8 Å². The molecule has 0 bridgehead atoms. The Bertz CT molecular complexity index is 765. The number of non-ortho nitro benzene ring substituents is 1. The molecule has 0 radical (unpaired) electrons. The van der Waals surface area contributed by atoms with Gasteiger partial charge in [-0.05, 0) is 54.2 Å². The number of ether oxygens (including phenoxy) is 1. The molecule has 0 aliphatic heterocycles. The molecule has 0 unspecified atom stereocenters. The van der Waals surface area contributed by atoms with Crippen molar-refractivity contribution in [3.8, 4) is 5.75 Å². The van der Waals surface area contributed by atoms with Crippen LogP contribution in [0.1, 0.15) is 35.4 Å². The Morgan fingerprint density at radius 2 is 1.91 bits per heavy atom. The number of nitro groups is 1. The summed E-state index contributed by atoms with van der Waals surface area (Å²) in [6.07, 6.45) is 6.33. The van der Waals surface area contributed by atoms with Crippen LogP contribution in [-0.2, 0) is 0 Å². The van der Waals surface area contributed by atoms with E-state index in [2.05, 4.69) is 22.0 Å². The maximum atomic E-state index is 10.7. The third-order valence-corrected chi connectivity index (χ3v) is 4.35. The summed E-state index contributed by atoms with van der Waals surface area (Å²) in [6.45, 7) is 0. The summed E-state index contributed by atoms with van der Waals surface area (Å²) in [5.41, 5.74) is 3.25. The minimum absolute atomic E-state index is 0.0956. The van der Waals surface area contributed by atoms with Gasteiger partial charge in [-0.15, -0.1) is 0 Å². The Labute approximate surface area is 143 Å². The molecule has 5 heteroatoms. The third-order valence-electron chi connectivity index (χ3n) is 3.89. The molecule has 0 amide bonds. The average molecular weight is 374 g/mol. The Balaban J connectivity index is 1.90. The molecule has 0 aromatic heterocycles. The van der Waals surface area contributed by atoms with Crippen molar-refractivity contribution in [2.75, 3.05) is 7.11 Å². The van der Waals surface area contributed by atoms with E-state index in [-0.39, 0.29) is 5.69 Å². The Kier molecular flexibility index (Phi) is 4.48. The van der Waals surface area contributed by atoms with Crippen molar-refractivity contribution in [1.82, 2.24) is 0 Å². The van der Waals surface area contributed by atoms with Gasteiger partial charge in [-0.3, -0.25) is 10.1 Å². The average Bonchev–Trinajstić information content (AvgIpc) is 3.37. The van der Waals surface area contributed by atoms with Crippen molar-refractivity contribution in [1.29, 1.82) is 0 Å². The van der Waals surface area contributed by atoms with Gasteiger partial charge in [0.25, 0.3) is 5.69 Å². The van der Waals surface area contributed by atoms with Crippen LogP contribution in [0.5, 0.6) is 5.75 Å². The van der Waals surface area contributed by atoms with E-state index in [1.165, 1.54) is 30.5 Å². The van der Waals surface area contributed by atoms with Gasteiger partial charge < -0.3 is 4.74 Å². The SMILES string of the molecule is COc1c(/C=C/c2ccc([N+](=O)[O-])cc2)cc(Br)cc1C1CC1. The van der Waals surface area contributed by atoms with Crippen LogP contribution in [0.25, 0.3) is 12.2 Å². The molecule has 1 fully saturated rings. The maximum absolute atomic E-state index is 10.7.